The van der Waals surface area contributed by atoms with E-state index in [1.54, 1.807) is 7.11 Å². The van der Waals surface area contributed by atoms with Gasteiger partial charge in [0, 0.05) is 6.04 Å². The fraction of sp³-hybridized carbons (Fsp3) is 0.625. The van der Waals surface area contributed by atoms with Crippen LogP contribution in [-0.4, -0.2) is 13.2 Å². The van der Waals surface area contributed by atoms with E-state index in [4.69, 9.17) is 10.5 Å². The van der Waals surface area contributed by atoms with Crippen LogP contribution in [0.2, 0.25) is 0 Å². The quantitative estimate of drug-likeness (QED) is 0.863. The van der Waals surface area contributed by atoms with Crippen LogP contribution in [0.1, 0.15) is 44.1 Å². The average Bonchev–Trinajstić information content (AvgIpc) is 2.46. The normalized spacial score (nSPS) is 18.6. The molecule has 0 aliphatic heterocycles. The maximum Gasteiger partial charge on any atom is 0.118 e. The molecule has 2 heteroatoms. The topological polar surface area (TPSA) is 35.2 Å². The van der Waals surface area contributed by atoms with Gasteiger partial charge < -0.3 is 10.5 Å². The van der Waals surface area contributed by atoms with Crippen molar-refractivity contribution in [3.05, 3.63) is 29.8 Å². The van der Waals surface area contributed by atoms with Crippen molar-refractivity contribution in [3.63, 3.8) is 0 Å². The second-order valence-electron chi connectivity index (χ2n) is 5.45. The molecule has 1 saturated carbocycles. The molecule has 1 fully saturated rings. The fourth-order valence-corrected chi connectivity index (χ4v) is 2.92. The number of hydrogen-bond acceptors (Lipinski definition) is 2. The van der Waals surface area contributed by atoms with E-state index in [1.165, 1.54) is 37.7 Å². The summed E-state index contributed by atoms with van der Waals surface area (Å²) < 4.78 is 5.17. The van der Waals surface area contributed by atoms with Gasteiger partial charge in [0.25, 0.3) is 0 Å². The second kappa shape index (κ2) is 6.79. The minimum Gasteiger partial charge on any atom is -0.497 e. The number of benzene rings is 1. The summed E-state index contributed by atoms with van der Waals surface area (Å²) in [7, 11) is 1.70. The van der Waals surface area contributed by atoms with Crippen molar-refractivity contribution in [1.29, 1.82) is 0 Å². The average molecular weight is 247 g/mol. The molecular formula is C16H25NO. The van der Waals surface area contributed by atoms with Gasteiger partial charge in [-0.1, -0.05) is 31.4 Å². The van der Waals surface area contributed by atoms with E-state index < -0.39 is 0 Å². The lowest BCUT2D eigenvalue weighted by Crippen LogP contribution is -2.32. The number of aryl methyl sites for hydroxylation is 1. The summed E-state index contributed by atoms with van der Waals surface area (Å²) in [5, 5.41) is 0. The maximum atomic E-state index is 6.33. The van der Waals surface area contributed by atoms with Crippen molar-refractivity contribution in [1.82, 2.24) is 0 Å². The highest BCUT2D eigenvalue weighted by Gasteiger charge is 2.19. The van der Waals surface area contributed by atoms with E-state index in [0.29, 0.717) is 6.04 Å². The summed E-state index contributed by atoms with van der Waals surface area (Å²) in [5.41, 5.74) is 7.69. The molecule has 0 heterocycles. The smallest absolute Gasteiger partial charge is 0.118 e. The van der Waals surface area contributed by atoms with Crippen LogP contribution < -0.4 is 10.5 Å². The molecule has 1 aromatic carbocycles. The molecule has 18 heavy (non-hydrogen) atoms. The van der Waals surface area contributed by atoms with Gasteiger partial charge in [0.1, 0.15) is 5.75 Å². The van der Waals surface area contributed by atoms with Crippen LogP contribution in [-0.2, 0) is 6.42 Å². The maximum absolute atomic E-state index is 6.33. The van der Waals surface area contributed by atoms with Crippen molar-refractivity contribution in [2.24, 2.45) is 11.7 Å². The monoisotopic (exact) mass is 247 g/mol. The molecule has 1 unspecified atom stereocenters. The van der Waals surface area contributed by atoms with Crippen molar-refractivity contribution in [3.8, 4) is 5.75 Å². The van der Waals surface area contributed by atoms with Gasteiger partial charge in [-0.3, -0.25) is 0 Å². The highest BCUT2D eigenvalue weighted by Crippen LogP contribution is 2.27. The summed E-state index contributed by atoms with van der Waals surface area (Å²) in [6, 6.07) is 8.73. The van der Waals surface area contributed by atoms with Crippen LogP contribution in [0, 0.1) is 5.92 Å². The van der Waals surface area contributed by atoms with Crippen molar-refractivity contribution >= 4 is 0 Å². The summed E-state index contributed by atoms with van der Waals surface area (Å²) in [4.78, 5) is 0. The molecule has 0 bridgehead atoms. The fourth-order valence-electron chi connectivity index (χ4n) is 2.92. The molecule has 1 aromatic rings. The molecule has 1 aliphatic rings. The van der Waals surface area contributed by atoms with Gasteiger partial charge in [-0.15, -0.1) is 0 Å². The molecule has 2 rings (SSSR count). The van der Waals surface area contributed by atoms with Gasteiger partial charge in [0.15, 0.2) is 0 Å². The first-order valence-electron chi connectivity index (χ1n) is 7.18. The van der Waals surface area contributed by atoms with Gasteiger partial charge in [0.05, 0.1) is 7.11 Å². The first-order valence-corrected chi connectivity index (χ1v) is 7.18. The van der Waals surface area contributed by atoms with Gasteiger partial charge in [-0.25, -0.2) is 0 Å². The van der Waals surface area contributed by atoms with Crippen LogP contribution in [0.5, 0.6) is 5.75 Å². The number of ether oxygens (including phenoxy) is 1. The lowest BCUT2D eigenvalue weighted by atomic mass is 9.82. The molecule has 1 atom stereocenters. The molecule has 0 saturated heterocycles. The van der Waals surface area contributed by atoms with Crippen molar-refractivity contribution in [2.45, 2.75) is 51.0 Å². The van der Waals surface area contributed by atoms with Crippen LogP contribution in [0.4, 0.5) is 0 Å². The Kier molecular flexibility index (Phi) is 5.06. The highest BCUT2D eigenvalue weighted by molar-refractivity contribution is 5.27. The van der Waals surface area contributed by atoms with E-state index in [2.05, 4.69) is 12.1 Å². The van der Waals surface area contributed by atoms with Crippen LogP contribution >= 0.6 is 0 Å². The molecule has 2 N–H and O–H groups in total. The van der Waals surface area contributed by atoms with Crippen LogP contribution in [0.15, 0.2) is 24.3 Å². The van der Waals surface area contributed by atoms with E-state index in [1.807, 2.05) is 12.1 Å². The Labute approximate surface area is 111 Å². The highest BCUT2D eigenvalue weighted by atomic mass is 16.5. The van der Waals surface area contributed by atoms with E-state index >= 15 is 0 Å². The first-order chi connectivity index (χ1) is 8.79. The third-order valence-corrected chi connectivity index (χ3v) is 4.18. The summed E-state index contributed by atoms with van der Waals surface area (Å²) in [5.74, 6) is 1.69. The predicted molar refractivity (Wildman–Crippen MR) is 75.9 cm³/mol. The largest absolute Gasteiger partial charge is 0.497 e. The van der Waals surface area contributed by atoms with Crippen molar-refractivity contribution < 1.29 is 4.74 Å². The minimum atomic E-state index is 0.382. The predicted octanol–water partition coefficient (Wildman–Crippen LogP) is 3.54. The first kappa shape index (κ1) is 13.4. The number of rotatable bonds is 5. The molecular weight excluding hydrogens is 222 g/mol. The number of hydrogen-bond donors (Lipinski definition) is 1. The van der Waals surface area contributed by atoms with E-state index in [0.717, 1.165) is 24.5 Å². The third-order valence-electron chi connectivity index (χ3n) is 4.18. The SMILES string of the molecule is COc1ccc(CCC(N)C2CCCCC2)cc1. The molecule has 0 radical (unpaired) electrons. The van der Waals surface area contributed by atoms with Gasteiger partial charge in [-0.05, 0) is 49.3 Å². The van der Waals surface area contributed by atoms with Crippen molar-refractivity contribution in [2.75, 3.05) is 7.11 Å². The lowest BCUT2D eigenvalue weighted by molar-refractivity contribution is 0.295. The standard InChI is InChI=1S/C16H25NO/c1-18-15-10-7-13(8-11-15)9-12-16(17)14-5-3-2-4-6-14/h7-8,10-11,14,16H,2-6,9,12,17H2,1H3. The zero-order chi connectivity index (χ0) is 12.8. The van der Waals surface area contributed by atoms with Gasteiger partial charge >= 0.3 is 0 Å². The van der Waals surface area contributed by atoms with Crippen LogP contribution in [0.25, 0.3) is 0 Å². The van der Waals surface area contributed by atoms with E-state index in [9.17, 15) is 0 Å². The molecule has 0 aromatic heterocycles. The Morgan fingerprint density at radius 1 is 1.17 bits per heavy atom. The van der Waals surface area contributed by atoms with Gasteiger partial charge in [0.2, 0.25) is 0 Å². The Morgan fingerprint density at radius 3 is 2.44 bits per heavy atom. The van der Waals surface area contributed by atoms with E-state index in [-0.39, 0.29) is 0 Å². The summed E-state index contributed by atoms with van der Waals surface area (Å²) in [6.45, 7) is 0. The number of methoxy groups -OCH3 is 1. The zero-order valence-electron chi connectivity index (χ0n) is 11.4. The Morgan fingerprint density at radius 2 is 1.83 bits per heavy atom. The Bertz CT molecular complexity index is 341. The lowest BCUT2D eigenvalue weighted by Gasteiger charge is -2.27. The molecule has 0 spiro atoms. The zero-order valence-corrected chi connectivity index (χ0v) is 11.4. The Balaban J connectivity index is 1.78. The second-order valence-corrected chi connectivity index (χ2v) is 5.45. The van der Waals surface area contributed by atoms with Crippen LogP contribution in [0.3, 0.4) is 0 Å². The summed E-state index contributed by atoms with van der Waals surface area (Å²) in [6.07, 6.45) is 9.02. The van der Waals surface area contributed by atoms with Gasteiger partial charge in [-0.2, -0.15) is 0 Å². The third kappa shape index (κ3) is 3.74. The molecule has 2 nitrogen and oxygen atoms in total. The molecule has 100 valence electrons. The minimum absolute atomic E-state index is 0.382. The summed E-state index contributed by atoms with van der Waals surface area (Å²) >= 11 is 0. The molecule has 0 amide bonds. The molecule has 1 aliphatic carbocycles. The Hall–Kier alpha value is -1.02. The number of nitrogens with two attached hydrogens (primary N) is 1.